The Kier molecular flexibility index (Phi) is 2.07. The van der Waals surface area contributed by atoms with Gasteiger partial charge in [-0.3, -0.25) is 4.79 Å². The minimum Gasteiger partial charge on any atom is -0.481 e. The van der Waals surface area contributed by atoms with Crippen molar-refractivity contribution >= 4 is 17.3 Å². The van der Waals surface area contributed by atoms with Crippen LogP contribution in [0.5, 0.6) is 0 Å². The molecule has 2 atom stereocenters. The summed E-state index contributed by atoms with van der Waals surface area (Å²) in [5.74, 6) is -0.730. The average molecular weight is 223 g/mol. The summed E-state index contributed by atoms with van der Waals surface area (Å²) < 4.78 is 0. The summed E-state index contributed by atoms with van der Waals surface area (Å²) in [6, 6.07) is 3.23. The predicted molar refractivity (Wildman–Crippen MR) is 58.3 cm³/mol. The number of fused-ring (bicyclic) bond motifs is 4. The number of carbonyl (C=O) groups is 1. The minimum atomic E-state index is -0.730. The van der Waals surface area contributed by atoms with E-state index < -0.39 is 5.97 Å². The average Bonchev–Trinajstić information content (AvgIpc) is 2.71. The van der Waals surface area contributed by atoms with Crippen LogP contribution in [0.1, 0.15) is 34.2 Å². The molecule has 2 unspecified atom stereocenters. The van der Waals surface area contributed by atoms with E-state index in [2.05, 4.69) is 11.4 Å². The Morgan fingerprint density at radius 1 is 1.60 bits per heavy atom. The molecule has 80 valence electrons. The summed E-state index contributed by atoms with van der Waals surface area (Å²) >= 11 is 1.69. The van der Waals surface area contributed by atoms with Crippen LogP contribution in [0.4, 0.5) is 0 Å². The van der Waals surface area contributed by atoms with Gasteiger partial charge in [-0.05, 0) is 30.9 Å². The molecule has 0 radical (unpaired) electrons. The van der Waals surface area contributed by atoms with Crippen LogP contribution in [-0.4, -0.2) is 17.1 Å². The van der Waals surface area contributed by atoms with E-state index in [0.717, 1.165) is 11.3 Å². The number of hydrogen-bond donors (Lipinski definition) is 2. The first-order valence-electron chi connectivity index (χ1n) is 5.31. The van der Waals surface area contributed by atoms with Gasteiger partial charge in [-0.25, -0.2) is 0 Å². The Labute approximate surface area is 92.1 Å². The van der Waals surface area contributed by atoms with Gasteiger partial charge in [0.25, 0.3) is 0 Å². The number of thiophene rings is 1. The molecule has 2 aliphatic rings. The number of nitrogens with one attached hydrogen (secondary N) is 1. The van der Waals surface area contributed by atoms with E-state index in [4.69, 9.17) is 5.11 Å². The van der Waals surface area contributed by atoms with Crippen LogP contribution in [0, 0.1) is 0 Å². The second-order valence-electron chi connectivity index (χ2n) is 4.36. The van der Waals surface area contributed by atoms with E-state index in [0.29, 0.717) is 12.1 Å². The molecule has 1 fully saturated rings. The minimum absolute atomic E-state index is 0.176. The molecular weight excluding hydrogens is 210 g/mol. The molecule has 0 amide bonds. The van der Waals surface area contributed by atoms with Crippen molar-refractivity contribution in [3.05, 3.63) is 21.4 Å². The van der Waals surface area contributed by atoms with Gasteiger partial charge in [0, 0.05) is 21.8 Å². The van der Waals surface area contributed by atoms with Crippen molar-refractivity contribution in [2.24, 2.45) is 0 Å². The van der Waals surface area contributed by atoms with Crippen molar-refractivity contribution < 1.29 is 9.90 Å². The molecule has 0 aromatic carbocycles. The Morgan fingerprint density at radius 2 is 2.47 bits per heavy atom. The van der Waals surface area contributed by atoms with Crippen molar-refractivity contribution in [2.75, 3.05) is 0 Å². The third-order valence-corrected chi connectivity index (χ3v) is 4.44. The lowest BCUT2D eigenvalue weighted by atomic mass is 10.0. The van der Waals surface area contributed by atoms with Gasteiger partial charge in [0.1, 0.15) is 0 Å². The Hall–Kier alpha value is -0.870. The third kappa shape index (κ3) is 1.58. The normalized spacial score (nSPS) is 27.7. The van der Waals surface area contributed by atoms with Crippen molar-refractivity contribution in [3.63, 3.8) is 0 Å². The molecule has 2 bridgehead atoms. The van der Waals surface area contributed by atoms with Crippen molar-refractivity contribution in [2.45, 2.75) is 37.8 Å². The molecule has 2 N–H and O–H groups in total. The highest BCUT2D eigenvalue weighted by Gasteiger charge is 2.33. The molecule has 3 nitrogen and oxygen atoms in total. The van der Waals surface area contributed by atoms with Crippen LogP contribution in [0.2, 0.25) is 0 Å². The molecule has 0 aliphatic carbocycles. The summed E-state index contributed by atoms with van der Waals surface area (Å²) in [6.07, 6.45) is 3.74. The van der Waals surface area contributed by atoms with Gasteiger partial charge in [0.2, 0.25) is 0 Å². The summed E-state index contributed by atoms with van der Waals surface area (Å²) in [5, 5.41) is 12.3. The van der Waals surface area contributed by atoms with E-state index in [1.54, 1.807) is 11.3 Å². The highest BCUT2D eigenvalue weighted by molar-refractivity contribution is 7.12. The quantitative estimate of drug-likeness (QED) is 0.802. The maximum Gasteiger partial charge on any atom is 0.308 e. The summed E-state index contributed by atoms with van der Waals surface area (Å²) in [7, 11) is 0. The molecule has 3 heterocycles. The van der Waals surface area contributed by atoms with Crippen LogP contribution in [-0.2, 0) is 17.6 Å². The molecule has 15 heavy (non-hydrogen) atoms. The molecule has 3 rings (SSSR count). The summed E-state index contributed by atoms with van der Waals surface area (Å²) in [5.41, 5.74) is 1.37. The monoisotopic (exact) mass is 223 g/mol. The van der Waals surface area contributed by atoms with Crippen LogP contribution in [0.25, 0.3) is 0 Å². The first kappa shape index (κ1) is 9.36. The lowest BCUT2D eigenvalue weighted by Crippen LogP contribution is -2.30. The van der Waals surface area contributed by atoms with E-state index in [1.807, 2.05) is 0 Å². The zero-order valence-corrected chi connectivity index (χ0v) is 9.14. The Morgan fingerprint density at radius 3 is 3.27 bits per heavy atom. The van der Waals surface area contributed by atoms with E-state index in [1.165, 1.54) is 23.3 Å². The lowest BCUT2D eigenvalue weighted by molar-refractivity contribution is -0.136. The van der Waals surface area contributed by atoms with Gasteiger partial charge >= 0.3 is 5.97 Å². The van der Waals surface area contributed by atoms with Crippen LogP contribution in [0.15, 0.2) is 6.07 Å². The topological polar surface area (TPSA) is 49.3 Å². The third-order valence-electron chi connectivity index (χ3n) is 3.27. The van der Waals surface area contributed by atoms with Gasteiger partial charge in [-0.2, -0.15) is 0 Å². The maximum atomic E-state index is 10.6. The van der Waals surface area contributed by atoms with E-state index >= 15 is 0 Å². The van der Waals surface area contributed by atoms with Crippen molar-refractivity contribution in [1.29, 1.82) is 0 Å². The number of carboxylic acid groups (broad SMARTS) is 1. The second kappa shape index (κ2) is 3.32. The Bertz CT molecular complexity index is 413. The maximum absolute atomic E-state index is 10.6. The fourth-order valence-corrected chi connectivity index (χ4v) is 3.94. The Balaban J connectivity index is 1.92. The summed E-state index contributed by atoms with van der Waals surface area (Å²) in [6.45, 7) is 0. The molecule has 4 heteroatoms. The van der Waals surface area contributed by atoms with Crippen LogP contribution in [0.3, 0.4) is 0 Å². The molecule has 1 aromatic heterocycles. The fraction of sp³-hybridized carbons (Fsp3) is 0.545. The molecular formula is C11H13NO2S. The van der Waals surface area contributed by atoms with Crippen LogP contribution >= 0.6 is 11.3 Å². The highest BCUT2D eigenvalue weighted by atomic mass is 32.1. The number of aliphatic carboxylic acids is 1. The molecule has 1 saturated heterocycles. The first-order chi connectivity index (χ1) is 7.22. The van der Waals surface area contributed by atoms with E-state index in [-0.39, 0.29) is 6.42 Å². The molecule has 2 aliphatic heterocycles. The molecule has 0 spiro atoms. The molecule has 0 saturated carbocycles. The fourth-order valence-electron chi connectivity index (χ4n) is 2.64. The second-order valence-corrected chi connectivity index (χ2v) is 5.58. The number of carboxylic acids is 1. The summed E-state index contributed by atoms with van der Waals surface area (Å²) in [4.78, 5) is 13.0. The van der Waals surface area contributed by atoms with Gasteiger partial charge < -0.3 is 10.4 Å². The lowest BCUT2D eigenvalue weighted by Gasteiger charge is -2.20. The van der Waals surface area contributed by atoms with Gasteiger partial charge in [-0.1, -0.05) is 0 Å². The standard InChI is InChI=1S/C11H13NO2S/c13-11(14)5-7-4-8-9-2-1-6(12-9)3-10(8)15-7/h4,6,9,12H,1-3,5H2,(H,13,14). The smallest absolute Gasteiger partial charge is 0.308 e. The van der Waals surface area contributed by atoms with E-state index in [9.17, 15) is 4.79 Å². The zero-order chi connectivity index (χ0) is 10.4. The zero-order valence-electron chi connectivity index (χ0n) is 8.32. The SMILES string of the molecule is O=C(O)Cc1cc2c(s1)CC1CCC2N1. The number of hydrogen-bond acceptors (Lipinski definition) is 3. The van der Waals surface area contributed by atoms with Crippen molar-refractivity contribution in [1.82, 2.24) is 5.32 Å². The largest absolute Gasteiger partial charge is 0.481 e. The first-order valence-corrected chi connectivity index (χ1v) is 6.13. The molecule has 1 aromatic rings. The van der Waals surface area contributed by atoms with Crippen LogP contribution < -0.4 is 5.32 Å². The van der Waals surface area contributed by atoms with Gasteiger partial charge in [0.05, 0.1) is 6.42 Å². The number of rotatable bonds is 2. The highest BCUT2D eigenvalue weighted by Crippen LogP contribution is 2.40. The van der Waals surface area contributed by atoms with Crippen molar-refractivity contribution in [3.8, 4) is 0 Å². The van der Waals surface area contributed by atoms with Gasteiger partial charge in [-0.15, -0.1) is 11.3 Å². The van der Waals surface area contributed by atoms with Gasteiger partial charge in [0.15, 0.2) is 0 Å². The predicted octanol–water partition coefficient (Wildman–Crippen LogP) is 1.72.